The lowest BCUT2D eigenvalue weighted by Crippen LogP contribution is -2.44. The molecule has 1 fully saturated rings. The second-order valence-electron chi connectivity index (χ2n) is 6.19. The molecule has 0 aromatic carbocycles. The Morgan fingerprint density at radius 1 is 1.33 bits per heavy atom. The van der Waals surface area contributed by atoms with E-state index in [1.54, 1.807) is 7.11 Å². The standard InChI is InChI=1S/C15H32N2O/c1-13(2)10-16-11-15-6-5-8-17(12-15)14(3)7-9-18-4/h13-16H,5-12H2,1-4H3. The third kappa shape index (κ3) is 6.17. The Morgan fingerprint density at radius 3 is 2.78 bits per heavy atom. The normalized spacial score (nSPS) is 23.5. The van der Waals surface area contributed by atoms with Gasteiger partial charge in [0.15, 0.2) is 0 Å². The predicted octanol–water partition coefficient (Wildman–Crippen LogP) is 2.37. The topological polar surface area (TPSA) is 24.5 Å². The maximum Gasteiger partial charge on any atom is 0.0477 e. The first-order valence-electron chi connectivity index (χ1n) is 7.57. The van der Waals surface area contributed by atoms with Crippen LogP contribution in [0.25, 0.3) is 0 Å². The molecule has 0 aromatic rings. The fourth-order valence-electron chi connectivity index (χ4n) is 2.71. The molecule has 0 bridgehead atoms. The Balaban J connectivity index is 2.22. The summed E-state index contributed by atoms with van der Waals surface area (Å²) in [5.74, 6) is 1.59. The molecule has 2 unspecified atom stereocenters. The molecule has 0 amide bonds. The van der Waals surface area contributed by atoms with Crippen molar-refractivity contribution < 1.29 is 4.74 Å². The van der Waals surface area contributed by atoms with Crippen LogP contribution in [0.15, 0.2) is 0 Å². The molecular formula is C15H32N2O. The minimum absolute atomic E-state index is 0.665. The number of hydrogen-bond donors (Lipinski definition) is 1. The van der Waals surface area contributed by atoms with E-state index in [0.29, 0.717) is 6.04 Å². The highest BCUT2D eigenvalue weighted by Gasteiger charge is 2.22. The summed E-state index contributed by atoms with van der Waals surface area (Å²) in [6.45, 7) is 12.6. The fraction of sp³-hybridized carbons (Fsp3) is 1.00. The van der Waals surface area contributed by atoms with Crippen molar-refractivity contribution in [1.29, 1.82) is 0 Å². The zero-order chi connectivity index (χ0) is 13.4. The summed E-state index contributed by atoms with van der Waals surface area (Å²) in [6, 6.07) is 0.665. The third-order valence-electron chi connectivity index (χ3n) is 3.90. The lowest BCUT2D eigenvalue weighted by molar-refractivity contribution is 0.0992. The molecule has 2 atom stereocenters. The molecule has 3 nitrogen and oxygen atoms in total. The van der Waals surface area contributed by atoms with E-state index < -0.39 is 0 Å². The minimum Gasteiger partial charge on any atom is -0.385 e. The zero-order valence-electron chi connectivity index (χ0n) is 12.7. The second-order valence-corrected chi connectivity index (χ2v) is 6.19. The number of likely N-dealkylation sites (tertiary alicyclic amines) is 1. The van der Waals surface area contributed by atoms with Crippen molar-refractivity contribution in [3.05, 3.63) is 0 Å². The average Bonchev–Trinajstić information content (AvgIpc) is 2.36. The molecule has 1 saturated heterocycles. The molecule has 0 radical (unpaired) electrons. The van der Waals surface area contributed by atoms with E-state index in [9.17, 15) is 0 Å². The Kier molecular flexibility index (Phi) is 7.87. The molecule has 0 saturated carbocycles. The van der Waals surface area contributed by atoms with Gasteiger partial charge in [0, 0.05) is 26.3 Å². The van der Waals surface area contributed by atoms with E-state index in [2.05, 4.69) is 31.0 Å². The van der Waals surface area contributed by atoms with Gasteiger partial charge in [0.1, 0.15) is 0 Å². The minimum atomic E-state index is 0.665. The van der Waals surface area contributed by atoms with Gasteiger partial charge in [0.05, 0.1) is 0 Å². The highest BCUT2D eigenvalue weighted by molar-refractivity contribution is 4.78. The van der Waals surface area contributed by atoms with E-state index >= 15 is 0 Å². The van der Waals surface area contributed by atoms with Crippen molar-refractivity contribution in [2.45, 2.75) is 46.1 Å². The molecule has 0 spiro atoms. The van der Waals surface area contributed by atoms with Crippen LogP contribution in [0.2, 0.25) is 0 Å². The lowest BCUT2D eigenvalue weighted by Gasteiger charge is -2.37. The Hall–Kier alpha value is -0.120. The van der Waals surface area contributed by atoms with Crippen molar-refractivity contribution in [2.75, 3.05) is 39.9 Å². The Morgan fingerprint density at radius 2 is 2.11 bits per heavy atom. The van der Waals surface area contributed by atoms with E-state index in [1.165, 1.54) is 32.5 Å². The number of hydrogen-bond acceptors (Lipinski definition) is 3. The summed E-state index contributed by atoms with van der Waals surface area (Å²) in [4.78, 5) is 2.64. The summed E-state index contributed by atoms with van der Waals surface area (Å²) >= 11 is 0. The van der Waals surface area contributed by atoms with Gasteiger partial charge in [-0.3, -0.25) is 0 Å². The quantitative estimate of drug-likeness (QED) is 0.721. The van der Waals surface area contributed by atoms with Crippen LogP contribution in [-0.2, 0) is 4.74 Å². The van der Waals surface area contributed by atoms with Gasteiger partial charge in [-0.1, -0.05) is 13.8 Å². The summed E-state index contributed by atoms with van der Waals surface area (Å²) in [7, 11) is 1.79. The molecule has 18 heavy (non-hydrogen) atoms. The number of methoxy groups -OCH3 is 1. The number of piperidine rings is 1. The maximum absolute atomic E-state index is 5.18. The molecule has 0 aromatic heterocycles. The molecule has 1 rings (SSSR count). The Labute approximate surface area is 113 Å². The van der Waals surface area contributed by atoms with Gasteiger partial charge in [0.2, 0.25) is 0 Å². The SMILES string of the molecule is COCCC(C)N1CCCC(CNCC(C)C)C1. The zero-order valence-corrected chi connectivity index (χ0v) is 12.7. The van der Waals surface area contributed by atoms with Gasteiger partial charge in [-0.05, 0) is 57.7 Å². The van der Waals surface area contributed by atoms with Crippen LogP contribution in [0, 0.1) is 11.8 Å². The lowest BCUT2D eigenvalue weighted by atomic mass is 9.96. The van der Waals surface area contributed by atoms with Crippen LogP contribution < -0.4 is 5.32 Å². The Bertz CT molecular complexity index is 209. The molecule has 108 valence electrons. The number of rotatable bonds is 8. The largest absolute Gasteiger partial charge is 0.385 e. The molecular weight excluding hydrogens is 224 g/mol. The van der Waals surface area contributed by atoms with Crippen molar-refractivity contribution in [3.8, 4) is 0 Å². The number of nitrogens with zero attached hydrogens (tertiary/aromatic N) is 1. The predicted molar refractivity (Wildman–Crippen MR) is 78.0 cm³/mol. The first kappa shape index (κ1) is 15.9. The first-order chi connectivity index (χ1) is 8.63. The highest BCUT2D eigenvalue weighted by atomic mass is 16.5. The maximum atomic E-state index is 5.18. The first-order valence-corrected chi connectivity index (χ1v) is 7.57. The second kappa shape index (κ2) is 8.89. The van der Waals surface area contributed by atoms with Crippen LogP contribution in [0.3, 0.4) is 0 Å². The van der Waals surface area contributed by atoms with Gasteiger partial charge in [-0.15, -0.1) is 0 Å². The number of nitrogens with one attached hydrogen (secondary N) is 1. The fourth-order valence-corrected chi connectivity index (χ4v) is 2.71. The average molecular weight is 256 g/mol. The molecule has 0 aliphatic carbocycles. The van der Waals surface area contributed by atoms with Crippen LogP contribution in [-0.4, -0.2) is 50.8 Å². The number of ether oxygens (including phenoxy) is 1. The summed E-state index contributed by atoms with van der Waals surface area (Å²) in [5, 5.41) is 3.61. The van der Waals surface area contributed by atoms with E-state index in [1.807, 2.05) is 0 Å². The molecule has 1 N–H and O–H groups in total. The van der Waals surface area contributed by atoms with Gasteiger partial charge in [0.25, 0.3) is 0 Å². The summed E-state index contributed by atoms with van der Waals surface area (Å²) in [6.07, 6.45) is 3.90. The van der Waals surface area contributed by atoms with E-state index in [4.69, 9.17) is 4.74 Å². The van der Waals surface area contributed by atoms with Crippen molar-refractivity contribution in [2.24, 2.45) is 11.8 Å². The van der Waals surface area contributed by atoms with Crippen LogP contribution >= 0.6 is 0 Å². The van der Waals surface area contributed by atoms with E-state index in [-0.39, 0.29) is 0 Å². The molecule has 3 heteroatoms. The van der Waals surface area contributed by atoms with Gasteiger partial charge in [-0.25, -0.2) is 0 Å². The van der Waals surface area contributed by atoms with Crippen molar-refractivity contribution in [1.82, 2.24) is 10.2 Å². The van der Waals surface area contributed by atoms with Crippen LogP contribution in [0.4, 0.5) is 0 Å². The molecule has 1 aliphatic heterocycles. The van der Waals surface area contributed by atoms with Gasteiger partial charge < -0.3 is 15.0 Å². The van der Waals surface area contributed by atoms with Crippen molar-refractivity contribution in [3.63, 3.8) is 0 Å². The van der Waals surface area contributed by atoms with E-state index in [0.717, 1.165) is 31.4 Å². The molecule has 1 aliphatic rings. The molecule has 1 heterocycles. The van der Waals surface area contributed by atoms with Gasteiger partial charge in [-0.2, -0.15) is 0 Å². The summed E-state index contributed by atoms with van der Waals surface area (Å²) in [5.41, 5.74) is 0. The van der Waals surface area contributed by atoms with Crippen LogP contribution in [0.5, 0.6) is 0 Å². The van der Waals surface area contributed by atoms with Crippen LogP contribution in [0.1, 0.15) is 40.0 Å². The smallest absolute Gasteiger partial charge is 0.0477 e. The van der Waals surface area contributed by atoms with Gasteiger partial charge >= 0.3 is 0 Å². The third-order valence-corrected chi connectivity index (χ3v) is 3.90. The van der Waals surface area contributed by atoms with Crippen molar-refractivity contribution >= 4 is 0 Å². The summed E-state index contributed by atoms with van der Waals surface area (Å²) < 4.78 is 5.18. The highest BCUT2D eigenvalue weighted by Crippen LogP contribution is 2.19. The monoisotopic (exact) mass is 256 g/mol.